The fraction of sp³-hybridized carbons (Fsp3) is 0.500. The second kappa shape index (κ2) is 7.30. The van der Waals surface area contributed by atoms with Crippen LogP contribution in [0.15, 0.2) is 22.4 Å². The van der Waals surface area contributed by atoms with Crippen LogP contribution in [0.1, 0.15) is 71.6 Å². The van der Waals surface area contributed by atoms with E-state index >= 15 is 0 Å². The molecule has 0 saturated heterocycles. The lowest BCUT2D eigenvalue weighted by Crippen LogP contribution is -2.26. The second-order valence-electron chi connectivity index (χ2n) is 8.47. The largest absolute Gasteiger partial charge is 0.492 e. The zero-order valence-electron chi connectivity index (χ0n) is 16.7. The molecule has 2 rings (SSSR count). The second-order valence-corrected chi connectivity index (χ2v) is 9.26. The molecule has 1 aromatic rings. The maximum Gasteiger partial charge on any atom is 0.178 e. The van der Waals surface area contributed by atoms with Crippen LogP contribution in [-0.2, 0) is 10.2 Å². The highest BCUT2D eigenvalue weighted by molar-refractivity contribution is 9.10. The van der Waals surface area contributed by atoms with Crippen molar-refractivity contribution in [1.29, 1.82) is 0 Å². The minimum Gasteiger partial charge on any atom is -0.492 e. The molecule has 0 aromatic heterocycles. The number of halogens is 2. The van der Waals surface area contributed by atoms with Gasteiger partial charge < -0.3 is 4.74 Å². The summed E-state index contributed by atoms with van der Waals surface area (Å²) in [7, 11) is 0. The molecule has 0 fully saturated rings. The summed E-state index contributed by atoms with van der Waals surface area (Å²) in [5, 5.41) is 0. The van der Waals surface area contributed by atoms with Crippen LogP contribution in [0.2, 0.25) is 0 Å². The van der Waals surface area contributed by atoms with Gasteiger partial charge in [-0.2, -0.15) is 0 Å². The highest BCUT2D eigenvalue weighted by Gasteiger charge is 2.36. The smallest absolute Gasteiger partial charge is 0.178 e. The summed E-state index contributed by atoms with van der Waals surface area (Å²) in [4.78, 5) is 11.0. The quantitative estimate of drug-likeness (QED) is 0.391. The highest BCUT2D eigenvalue weighted by Crippen LogP contribution is 2.52. The summed E-state index contributed by atoms with van der Waals surface area (Å²) in [6, 6.07) is 1.99. The van der Waals surface area contributed by atoms with Crippen molar-refractivity contribution >= 4 is 33.4 Å². The van der Waals surface area contributed by atoms with Crippen LogP contribution in [0, 0.1) is 5.41 Å². The number of carbonyl (C=O) groups excluding carboxylic acids is 1. The van der Waals surface area contributed by atoms with Crippen molar-refractivity contribution in [2.24, 2.45) is 5.41 Å². The number of aldehydes is 1. The first-order valence-corrected chi connectivity index (χ1v) is 9.77. The molecule has 0 atom stereocenters. The van der Waals surface area contributed by atoms with E-state index in [1.165, 1.54) is 11.1 Å². The Kier molecular flexibility index (Phi) is 5.86. The molecule has 1 aliphatic carbocycles. The summed E-state index contributed by atoms with van der Waals surface area (Å²) >= 11 is 3.74. The van der Waals surface area contributed by atoms with Gasteiger partial charge in [-0.15, -0.1) is 0 Å². The average molecular weight is 423 g/mol. The van der Waals surface area contributed by atoms with Gasteiger partial charge in [0.1, 0.15) is 5.75 Å². The van der Waals surface area contributed by atoms with Gasteiger partial charge in [0.05, 0.1) is 11.1 Å². The zero-order chi connectivity index (χ0) is 19.9. The Hall–Kier alpha value is -1.42. The monoisotopic (exact) mass is 422 g/mol. The van der Waals surface area contributed by atoms with Gasteiger partial charge in [-0.1, -0.05) is 40.7 Å². The van der Waals surface area contributed by atoms with E-state index in [0.717, 1.165) is 16.5 Å². The van der Waals surface area contributed by atoms with Gasteiger partial charge >= 0.3 is 0 Å². The molecule has 0 amide bonds. The predicted octanol–water partition coefficient (Wildman–Crippen LogP) is 6.86. The molecular formula is C22H28BrFO2. The molecular weight excluding hydrogens is 395 g/mol. The maximum absolute atomic E-state index is 14.1. The molecule has 26 heavy (non-hydrogen) atoms. The van der Waals surface area contributed by atoms with Gasteiger partial charge in [0.2, 0.25) is 0 Å². The molecule has 1 aromatic carbocycles. The summed E-state index contributed by atoms with van der Waals surface area (Å²) in [5.74, 6) is -0.168. The Morgan fingerprint density at radius 2 is 2.00 bits per heavy atom. The van der Waals surface area contributed by atoms with Crippen LogP contribution < -0.4 is 4.74 Å². The molecule has 0 aliphatic heterocycles. The molecule has 142 valence electrons. The van der Waals surface area contributed by atoms with Crippen LogP contribution in [0.3, 0.4) is 0 Å². The van der Waals surface area contributed by atoms with Crippen LogP contribution in [0.5, 0.6) is 5.75 Å². The van der Waals surface area contributed by atoms with Gasteiger partial charge in [-0.05, 0) is 75.4 Å². The molecule has 0 spiro atoms. The van der Waals surface area contributed by atoms with Crippen molar-refractivity contribution in [3.8, 4) is 5.75 Å². The van der Waals surface area contributed by atoms with Gasteiger partial charge in [0.25, 0.3) is 0 Å². The number of benzene rings is 1. The van der Waals surface area contributed by atoms with Crippen molar-refractivity contribution < 1.29 is 13.9 Å². The van der Waals surface area contributed by atoms with Crippen molar-refractivity contribution in [3.05, 3.63) is 39.1 Å². The number of carbonyl (C=O) groups is 1. The SMILES string of the molecule is CCOc1c(C(C)=C(F)C=O)cc2c(c1Br)C(C)(C)CC=C2C(C)(C)C. The minimum absolute atomic E-state index is 0.0457. The van der Waals surface area contributed by atoms with Crippen LogP contribution in [0.4, 0.5) is 4.39 Å². The Morgan fingerprint density at radius 3 is 2.50 bits per heavy atom. The van der Waals surface area contributed by atoms with Gasteiger partial charge in [-0.25, -0.2) is 4.39 Å². The van der Waals surface area contributed by atoms with E-state index < -0.39 is 5.83 Å². The lowest BCUT2D eigenvalue weighted by molar-refractivity contribution is -0.106. The Bertz CT molecular complexity index is 795. The first-order valence-electron chi connectivity index (χ1n) is 8.98. The van der Waals surface area contributed by atoms with Crippen molar-refractivity contribution in [3.63, 3.8) is 0 Å². The molecule has 0 saturated carbocycles. The molecule has 0 radical (unpaired) electrons. The number of hydrogen-bond acceptors (Lipinski definition) is 2. The molecule has 0 N–H and O–H groups in total. The van der Waals surface area contributed by atoms with E-state index in [9.17, 15) is 9.18 Å². The maximum atomic E-state index is 14.1. The van der Waals surface area contributed by atoms with E-state index in [-0.39, 0.29) is 17.1 Å². The number of allylic oxidation sites excluding steroid dienone is 4. The van der Waals surface area contributed by atoms with Gasteiger partial charge in [0.15, 0.2) is 12.1 Å². The summed E-state index contributed by atoms with van der Waals surface area (Å²) < 4.78 is 20.8. The number of rotatable bonds is 4. The first-order chi connectivity index (χ1) is 12.0. The molecule has 0 unspecified atom stereocenters. The van der Waals surface area contributed by atoms with E-state index in [1.807, 2.05) is 13.0 Å². The summed E-state index contributed by atoms with van der Waals surface area (Å²) in [6.45, 7) is 14.9. The molecule has 1 aliphatic rings. The first kappa shape index (κ1) is 20.9. The minimum atomic E-state index is -0.769. The lowest BCUT2D eigenvalue weighted by Gasteiger charge is -2.38. The average Bonchev–Trinajstić information content (AvgIpc) is 2.53. The predicted molar refractivity (Wildman–Crippen MR) is 110 cm³/mol. The number of ether oxygens (including phenoxy) is 1. The van der Waals surface area contributed by atoms with Gasteiger partial charge in [0, 0.05) is 5.56 Å². The third kappa shape index (κ3) is 3.66. The Morgan fingerprint density at radius 1 is 1.38 bits per heavy atom. The molecule has 0 bridgehead atoms. The third-order valence-electron chi connectivity index (χ3n) is 4.97. The fourth-order valence-electron chi connectivity index (χ4n) is 3.57. The molecule has 4 heteroatoms. The van der Waals surface area contributed by atoms with Crippen LogP contribution in [-0.4, -0.2) is 12.9 Å². The summed E-state index contributed by atoms with van der Waals surface area (Å²) in [5.41, 5.74) is 4.30. The lowest BCUT2D eigenvalue weighted by atomic mass is 9.67. The van der Waals surface area contributed by atoms with E-state index in [4.69, 9.17) is 4.74 Å². The van der Waals surface area contributed by atoms with E-state index in [1.54, 1.807) is 6.92 Å². The summed E-state index contributed by atoms with van der Waals surface area (Å²) in [6.07, 6.45) is 3.46. The topological polar surface area (TPSA) is 26.3 Å². The Labute approximate surface area is 164 Å². The zero-order valence-corrected chi connectivity index (χ0v) is 18.3. The fourth-order valence-corrected chi connectivity index (χ4v) is 4.64. The van der Waals surface area contributed by atoms with Crippen molar-refractivity contribution in [2.75, 3.05) is 6.61 Å². The van der Waals surface area contributed by atoms with Crippen LogP contribution >= 0.6 is 15.9 Å². The van der Waals surface area contributed by atoms with Crippen molar-refractivity contribution in [1.82, 2.24) is 0 Å². The third-order valence-corrected chi connectivity index (χ3v) is 5.72. The van der Waals surface area contributed by atoms with Crippen molar-refractivity contribution in [2.45, 2.75) is 60.3 Å². The van der Waals surface area contributed by atoms with E-state index in [2.05, 4.69) is 56.6 Å². The number of hydrogen-bond donors (Lipinski definition) is 0. The van der Waals surface area contributed by atoms with Gasteiger partial charge in [-0.3, -0.25) is 4.79 Å². The molecule has 2 nitrogen and oxygen atoms in total. The number of fused-ring (bicyclic) bond motifs is 1. The Balaban J connectivity index is 2.94. The normalized spacial score (nSPS) is 17.2. The highest BCUT2D eigenvalue weighted by atomic mass is 79.9. The van der Waals surface area contributed by atoms with E-state index in [0.29, 0.717) is 23.5 Å². The van der Waals surface area contributed by atoms with Crippen LogP contribution in [0.25, 0.3) is 11.1 Å². The standard InChI is InChI=1S/C22H28BrFO2/c1-8-26-20-14(13(2)17(24)12-25)11-15-16(21(3,4)5)9-10-22(6,7)18(15)19(20)23/h9,11-12H,8,10H2,1-7H3. The molecule has 0 heterocycles.